The van der Waals surface area contributed by atoms with Crippen molar-refractivity contribution in [2.24, 2.45) is 17.6 Å². The zero-order chi connectivity index (χ0) is 18.3. The van der Waals surface area contributed by atoms with Crippen molar-refractivity contribution in [3.05, 3.63) is 29.1 Å². The van der Waals surface area contributed by atoms with Crippen LogP contribution in [-0.4, -0.2) is 29.9 Å². The second-order valence-corrected chi connectivity index (χ2v) is 6.73. The van der Waals surface area contributed by atoms with Gasteiger partial charge in [-0.1, -0.05) is 19.9 Å². The fourth-order valence-corrected chi connectivity index (χ4v) is 2.33. The number of hydrogen-bond donors (Lipinski definition) is 2. The lowest BCUT2D eigenvalue weighted by Gasteiger charge is -2.19. The van der Waals surface area contributed by atoms with Crippen molar-refractivity contribution in [3.8, 4) is 0 Å². The standard InChI is InChI=1S/C18H29F2N3O/c1-12(9-10-21)5-6-15-7-8-16(23-14(15)3)17(24)22-11-13(2)18(4,19)20/h7-8,12-13H,5-6,9-11,21H2,1-4H3,(H,22,24)/t12?,13-/m0/s1. The average Bonchev–Trinajstić information content (AvgIpc) is 2.50. The lowest BCUT2D eigenvalue weighted by Crippen LogP contribution is -2.35. The van der Waals surface area contributed by atoms with E-state index in [0.29, 0.717) is 12.5 Å². The normalized spacial score (nSPS) is 14.3. The quantitative estimate of drug-likeness (QED) is 0.724. The first-order chi connectivity index (χ1) is 11.1. The predicted octanol–water partition coefficient (Wildman–Crippen LogP) is 3.33. The maximum absolute atomic E-state index is 13.1. The second kappa shape index (κ2) is 9.06. The van der Waals surface area contributed by atoms with Crippen molar-refractivity contribution in [2.45, 2.75) is 52.9 Å². The molecular weight excluding hydrogens is 312 g/mol. The Morgan fingerprint density at radius 2 is 2.00 bits per heavy atom. The van der Waals surface area contributed by atoms with Crippen LogP contribution in [0.1, 0.15) is 55.4 Å². The molecule has 1 heterocycles. The molecule has 1 aromatic heterocycles. The third-order valence-electron chi connectivity index (χ3n) is 4.43. The highest BCUT2D eigenvalue weighted by Gasteiger charge is 2.30. The number of alkyl halides is 2. The fraction of sp³-hybridized carbons (Fsp3) is 0.667. The van der Waals surface area contributed by atoms with E-state index in [9.17, 15) is 13.6 Å². The molecule has 0 bridgehead atoms. The van der Waals surface area contributed by atoms with Gasteiger partial charge in [-0.2, -0.15) is 0 Å². The molecule has 0 aliphatic heterocycles. The number of nitrogens with one attached hydrogen (secondary N) is 1. The number of pyridine rings is 1. The van der Waals surface area contributed by atoms with Gasteiger partial charge in [0.1, 0.15) is 5.69 Å². The van der Waals surface area contributed by atoms with Crippen molar-refractivity contribution >= 4 is 5.91 Å². The van der Waals surface area contributed by atoms with Gasteiger partial charge in [-0.3, -0.25) is 4.79 Å². The van der Waals surface area contributed by atoms with Gasteiger partial charge in [0.15, 0.2) is 0 Å². The van der Waals surface area contributed by atoms with Crippen LogP contribution in [0.2, 0.25) is 0 Å². The number of amides is 1. The number of rotatable bonds is 9. The Bertz CT molecular complexity index is 544. The Hall–Kier alpha value is -1.56. The number of nitrogens with two attached hydrogens (primary N) is 1. The van der Waals surface area contributed by atoms with E-state index in [1.54, 1.807) is 6.07 Å². The summed E-state index contributed by atoms with van der Waals surface area (Å²) >= 11 is 0. The zero-order valence-electron chi connectivity index (χ0n) is 15.0. The molecule has 3 N–H and O–H groups in total. The van der Waals surface area contributed by atoms with Crippen LogP contribution in [0.4, 0.5) is 8.78 Å². The molecule has 0 radical (unpaired) electrons. The molecule has 1 unspecified atom stereocenters. The van der Waals surface area contributed by atoms with E-state index in [4.69, 9.17) is 5.73 Å². The molecule has 4 nitrogen and oxygen atoms in total. The van der Waals surface area contributed by atoms with Crippen LogP contribution in [-0.2, 0) is 6.42 Å². The lowest BCUT2D eigenvalue weighted by atomic mass is 9.97. The molecule has 0 aliphatic carbocycles. The summed E-state index contributed by atoms with van der Waals surface area (Å²) in [5.41, 5.74) is 7.72. The van der Waals surface area contributed by atoms with Crippen LogP contribution >= 0.6 is 0 Å². The van der Waals surface area contributed by atoms with Gasteiger partial charge in [-0.15, -0.1) is 0 Å². The van der Waals surface area contributed by atoms with E-state index in [1.165, 1.54) is 6.92 Å². The van der Waals surface area contributed by atoms with Crippen LogP contribution in [0.25, 0.3) is 0 Å². The van der Waals surface area contributed by atoms with Gasteiger partial charge in [-0.25, -0.2) is 13.8 Å². The van der Waals surface area contributed by atoms with Gasteiger partial charge < -0.3 is 11.1 Å². The second-order valence-electron chi connectivity index (χ2n) is 6.73. The minimum Gasteiger partial charge on any atom is -0.350 e. The van der Waals surface area contributed by atoms with Crippen molar-refractivity contribution < 1.29 is 13.6 Å². The van der Waals surface area contributed by atoms with Crippen molar-refractivity contribution in [3.63, 3.8) is 0 Å². The summed E-state index contributed by atoms with van der Waals surface area (Å²) in [7, 11) is 0. The number of hydrogen-bond acceptors (Lipinski definition) is 3. The predicted molar refractivity (Wildman–Crippen MR) is 92.2 cm³/mol. The molecule has 1 amide bonds. The van der Waals surface area contributed by atoms with Crippen molar-refractivity contribution in [1.29, 1.82) is 0 Å². The lowest BCUT2D eigenvalue weighted by molar-refractivity contribution is -0.0308. The van der Waals surface area contributed by atoms with Gasteiger partial charge in [0.2, 0.25) is 5.92 Å². The van der Waals surface area contributed by atoms with E-state index in [2.05, 4.69) is 17.2 Å². The van der Waals surface area contributed by atoms with Gasteiger partial charge in [0.05, 0.1) is 0 Å². The maximum atomic E-state index is 13.1. The van der Waals surface area contributed by atoms with Gasteiger partial charge in [0, 0.05) is 18.2 Å². The van der Waals surface area contributed by atoms with Crippen LogP contribution < -0.4 is 11.1 Å². The summed E-state index contributed by atoms with van der Waals surface area (Å²) in [5, 5.41) is 2.52. The topological polar surface area (TPSA) is 68.0 Å². The molecule has 0 saturated carbocycles. The van der Waals surface area contributed by atoms with Crippen LogP contribution in [0, 0.1) is 18.8 Å². The minimum absolute atomic E-state index is 0.0819. The number of nitrogens with zero attached hydrogens (tertiary/aromatic N) is 1. The summed E-state index contributed by atoms with van der Waals surface area (Å²) in [5.74, 6) is -3.61. The van der Waals surface area contributed by atoms with Gasteiger partial charge in [-0.05, 0) is 57.2 Å². The maximum Gasteiger partial charge on any atom is 0.269 e. The number of carbonyl (C=O) groups is 1. The average molecular weight is 341 g/mol. The number of carbonyl (C=O) groups excluding carboxylic acids is 1. The molecule has 0 spiro atoms. The highest BCUT2D eigenvalue weighted by atomic mass is 19.3. The highest BCUT2D eigenvalue weighted by molar-refractivity contribution is 5.92. The van der Waals surface area contributed by atoms with E-state index < -0.39 is 17.7 Å². The smallest absolute Gasteiger partial charge is 0.269 e. The Kier molecular flexibility index (Phi) is 7.73. The third kappa shape index (κ3) is 6.51. The Morgan fingerprint density at radius 1 is 1.33 bits per heavy atom. The molecular formula is C18H29F2N3O. The van der Waals surface area contributed by atoms with Crippen LogP contribution in [0.3, 0.4) is 0 Å². The van der Waals surface area contributed by atoms with Gasteiger partial charge >= 0.3 is 0 Å². The highest BCUT2D eigenvalue weighted by Crippen LogP contribution is 2.22. The first-order valence-corrected chi connectivity index (χ1v) is 8.47. The van der Waals surface area contributed by atoms with Crippen molar-refractivity contribution in [1.82, 2.24) is 10.3 Å². The van der Waals surface area contributed by atoms with E-state index in [1.807, 2.05) is 13.0 Å². The SMILES string of the molecule is Cc1nc(C(=O)NC[C@H](C)C(C)(F)F)ccc1CCC(C)CCN. The first kappa shape index (κ1) is 20.5. The Balaban J connectivity index is 2.61. The number of aromatic nitrogens is 1. The van der Waals surface area contributed by atoms with Gasteiger partial charge in [0.25, 0.3) is 5.91 Å². The molecule has 6 heteroatoms. The molecule has 24 heavy (non-hydrogen) atoms. The summed E-state index contributed by atoms with van der Waals surface area (Å²) in [6.07, 6.45) is 2.91. The minimum atomic E-state index is -2.82. The summed E-state index contributed by atoms with van der Waals surface area (Å²) in [4.78, 5) is 16.4. The largest absolute Gasteiger partial charge is 0.350 e. The molecule has 1 rings (SSSR count). The molecule has 0 saturated heterocycles. The monoisotopic (exact) mass is 341 g/mol. The molecule has 0 aliphatic rings. The summed E-state index contributed by atoms with van der Waals surface area (Å²) in [6.45, 7) is 6.90. The molecule has 2 atom stereocenters. The summed E-state index contributed by atoms with van der Waals surface area (Å²) < 4.78 is 26.2. The Morgan fingerprint density at radius 3 is 2.54 bits per heavy atom. The Labute approximate surface area is 143 Å². The fourth-order valence-electron chi connectivity index (χ4n) is 2.33. The van der Waals surface area contributed by atoms with Crippen molar-refractivity contribution in [2.75, 3.05) is 13.1 Å². The molecule has 0 aromatic carbocycles. The van der Waals surface area contributed by atoms with E-state index in [0.717, 1.165) is 37.4 Å². The number of halogens is 2. The van der Waals surface area contributed by atoms with E-state index in [-0.39, 0.29) is 12.2 Å². The zero-order valence-corrected chi connectivity index (χ0v) is 15.0. The molecule has 136 valence electrons. The summed E-state index contributed by atoms with van der Waals surface area (Å²) in [6, 6.07) is 3.55. The number of aryl methyl sites for hydroxylation is 2. The van der Waals surface area contributed by atoms with Crippen LogP contribution in [0.15, 0.2) is 12.1 Å². The van der Waals surface area contributed by atoms with Crippen LogP contribution in [0.5, 0.6) is 0 Å². The molecule has 0 fully saturated rings. The first-order valence-electron chi connectivity index (χ1n) is 8.47. The van der Waals surface area contributed by atoms with E-state index >= 15 is 0 Å². The molecule has 1 aromatic rings. The third-order valence-corrected chi connectivity index (χ3v) is 4.43.